The third kappa shape index (κ3) is 7.15. The summed E-state index contributed by atoms with van der Waals surface area (Å²) in [4.78, 5) is 3.91. The molecule has 0 unspecified atom stereocenters. The highest BCUT2D eigenvalue weighted by atomic mass is 14.7. The van der Waals surface area contributed by atoms with E-state index in [2.05, 4.69) is 18.2 Å². The second-order valence-electron chi connectivity index (χ2n) is 1.61. The summed E-state index contributed by atoms with van der Waals surface area (Å²) in [5.41, 5.74) is 1.68. The van der Waals surface area contributed by atoms with E-state index in [1.807, 2.05) is 27.7 Å². The van der Waals surface area contributed by atoms with Gasteiger partial charge in [0, 0.05) is 6.21 Å². The van der Waals surface area contributed by atoms with Crippen LogP contribution in [0.25, 0.3) is 0 Å². The van der Waals surface area contributed by atoms with Gasteiger partial charge in [-0.2, -0.15) is 0 Å². The zero-order chi connectivity index (χ0) is 8.57. The highest BCUT2D eigenvalue weighted by Crippen LogP contribution is 2.02. The van der Waals surface area contributed by atoms with Gasteiger partial charge in [0.05, 0.1) is 5.70 Å². The Morgan fingerprint density at radius 3 is 1.80 bits per heavy atom. The predicted molar refractivity (Wildman–Crippen MR) is 49.5 cm³/mol. The van der Waals surface area contributed by atoms with E-state index in [4.69, 9.17) is 0 Å². The van der Waals surface area contributed by atoms with E-state index in [1.54, 1.807) is 6.21 Å². The van der Waals surface area contributed by atoms with Crippen molar-refractivity contribution in [1.29, 1.82) is 0 Å². The summed E-state index contributed by atoms with van der Waals surface area (Å²) >= 11 is 0. The average Bonchev–Trinajstić information content (AvgIpc) is 1.93. The lowest BCUT2D eigenvalue weighted by Gasteiger charge is -1.91. The van der Waals surface area contributed by atoms with Crippen molar-refractivity contribution in [3.63, 3.8) is 0 Å². The molecule has 0 saturated heterocycles. The molecule has 0 amide bonds. The largest absolute Gasteiger partial charge is 0.262 e. The van der Waals surface area contributed by atoms with E-state index in [-0.39, 0.29) is 0 Å². The fourth-order valence-corrected chi connectivity index (χ4v) is 0.266. The zero-order valence-corrected chi connectivity index (χ0v) is 7.44. The SMILES string of the molecule is C=C(C)C(=C)N=CC.CC. The van der Waals surface area contributed by atoms with E-state index >= 15 is 0 Å². The molecule has 0 aliphatic rings. The Balaban J connectivity index is 0. The van der Waals surface area contributed by atoms with E-state index < -0.39 is 0 Å². The Morgan fingerprint density at radius 1 is 1.30 bits per heavy atom. The third-order valence-electron chi connectivity index (χ3n) is 0.778. The first-order chi connectivity index (χ1) is 4.68. The first kappa shape index (κ1) is 11.9. The molecule has 1 heteroatoms. The lowest BCUT2D eigenvalue weighted by atomic mass is 10.3. The molecule has 0 atom stereocenters. The van der Waals surface area contributed by atoms with E-state index in [0.717, 1.165) is 11.3 Å². The van der Waals surface area contributed by atoms with Gasteiger partial charge in [-0.05, 0) is 19.4 Å². The van der Waals surface area contributed by atoms with Crippen LogP contribution >= 0.6 is 0 Å². The molecular formula is C9H17N. The van der Waals surface area contributed by atoms with Crippen molar-refractivity contribution in [3.8, 4) is 0 Å². The zero-order valence-electron chi connectivity index (χ0n) is 7.44. The fourth-order valence-electron chi connectivity index (χ4n) is 0.266. The van der Waals surface area contributed by atoms with Gasteiger partial charge in [0.15, 0.2) is 0 Å². The normalized spacial score (nSPS) is 8.40. The maximum atomic E-state index is 3.91. The summed E-state index contributed by atoms with van der Waals surface area (Å²) in [6.45, 7) is 15.0. The number of aliphatic imine (C=N–C) groups is 1. The molecule has 0 heterocycles. The lowest BCUT2D eigenvalue weighted by molar-refractivity contribution is 1.32. The fraction of sp³-hybridized carbons (Fsp3) is 0.444. The number of allylic oxidation sites excluding steroid dienone is 1. The summed E-state index contributed by atoms with van der Waals surface area (Å²) in [5.74, 6) is 0. The maximum Gasteiger partial charge on any atom is 0.0577 e. The van der Waals surface area contributed by atoms with Gasteiger partial charge in [-0.3, -0.25) is 4.99 Å². The average molecular weight is 139 g/mol. The molecule has 10 heavy (non-hydrogen) atoms. The highest BCUT2D eigenvalue weighted by Gasteiger charge is 1.84. The molecule has 0 aromatic carbocycles. The van der Waals surface area contributed by atoms with Gasteiger partial charge in [0.1, 0.15) is 0 Å². The topological polar surface area (TPSA) is 12.4 Å². The van der Waals surface area contributed by atoms with E-state index in [1.165, 1.54) is 0 Å². The monoisotopic (exact) mass is 139 g/mol. The summed E-state index contributed by atoms with van der Waals surface area (Å²) in [6.07, 6.45) is 1.71. The summed E-state index contributed by atoms with van der Waals surface area (Å²) in [7, 11) is 0. The molecule has 58 valence electrons. The Labute approximate surface area is 64.2 Å². The number of hydrogen-bond donors (Lipinski definition) is 0. The lowest BCUT2D eigenvalue weighted by Crippen LogP contribution is -1.74. The Hall–Kier alpha value is -0.850. The molecule has 0 aliphatic heterocycles. The van der Waals surface area contributed by atoms with Crippen molar-refractivity contribution in [2.45, 2.75) is 27.7 Å². The van der Waals surface area contributed by atoms with Gasteiger partial charge in [-0.25, -0.2) is 0 Å². The standard InChI is InChI=1S/C7H11N.C2H6/c1-5-8-7(4)6(2)3;1-2/h5H,2,4H2,1,3H3;1-2H3. The van der Waals surface area contributed by atoms with Crippen molar-refractivity contribution in [1.82, 2.24) is 0 Å². The smallest absolute Gasteiger partial charge is 0.0577 e. The number of hydrogen-bond acceptors (Lipinski definition) is 1. The van der Waals surface area contributed by atoms with E-state index in [0.29, 0.717) is 0 Å². The molecule has 0 spiro atoms. The molecule has 0 aliphatic carbocycles. The van der Waals surface area contributed by atoms with Gasteiger partial charge in [-0.15, -0.1) is 0 Å². The minimum Gasteiger partial charge on any atom is -0.262 e. The van der Waals surface area contributed by atoms with Gasteiger partial charge < -0.3 is 0 Å². The van der Waals surface area contributed by atoms with Crippen LogP contribution < -0.4 is 0 Å². The quantitative estimate of drug-likeness (QED) is 0.411. The molecule has 0 rings (SSSR count). The van der Waals surface area contributed by atoms with Crippen LogP contribution in [-0.2, 0) is 0 Å². The molecule has 0 aromatic heterocycles. The van der Waals surface area contributed by atoms with Crippen LogP contribution in [0.4, 0.5) is 0 Å². The van der Waals surface area contributed by atoms with Gasteiger partial charge in [0.25, 0.3) is 0 Å². The molecule has 0 bridgehead atoms. The second kappa shape index (κ2) is 8.15. The van der Waals surface area contributed by atoms with Gasteiger partial charge in [-0.1, -0.05) is 27.0 Å². The Bertz CT molecular complexity index is 132. The van der Waals surface area contributed by atoms with Crippen LogP contribution in [0, 0.1) is 0 Å². The van der Waals surface area contributed by atoms with Crippen molar-refractivity contribution in [2.24, 2.45) is 4.99 Å². The molecule has 1 nitrogen and oxygen atoms in total. The third-order valence-corrected chi connectivity index (χ3v) is 0.778. The molecule has 0 fully saturated rings. The first-order valence-corrected chi connectivity index (χ1v) is 3.52. The van der Waals surface area contributed by atoms with Crippen LogP contribution in [0.2, 0.25) is 0 Å². The van der Waals surface area contributed by atoms with Gasteiger partial charge in [0.2, 0.25) is 0 Å². The first-order valence-electron chi connectivity index (χ1n) is 3.52. The van der Waals surface area contributed by atoms with Crippen LogP contribution in [0.5, 0.6) is 0 Å². The summed E-state index contributed by atoms with van der Waals surface area (Å²) in [6, 6.07) is 0. The van der Waals surface area contributed by atoms with Gasteiger partial charge >= 0.3 is 0 Å². The minimum absolute atomic E-state index is 0.757. The molecule has 0 radical (unpaired) electrons. The van der Waals surface area contributed by atoms with Crippen molar-refractivity contribution >= 4 is 6.21 Å². The number of rotatable bonds is 2. The van der Waals surface area contributed by atoms with Crippen LogP contribution in [0.3, 0.4) is 0 Å². The molecule has 0 aromatic rings. The molecule has 0 saturated carbocycles. The highest BCUT2D eigenvalue weighted by molar-refractivity contribution is 5.56. The van der Waals surface area contributed by atoms with Crippen molar-refractivity contribution in [3.05, 3.63) is 24.4 Å². The van der Waals surface area contributed by atoms with Crippen LogP contribution in [0.15, 0.2) is 29.4 Å². The summed E-state index contributed by atoms with van der Waals surface area (Å²) < 4.78 is 0. The second-order valence-corrected chi connectivity index (χ2v) is 1.61. The predicted octanol–water partition coefficient (Wildman–Crippen LogP) is 3.19. The maximum absolute atomic E-state index is 3.91. The van der Waals surface area contributed by atoms with Crippen LogP contribution in [0.1, 0.15) is 27.7 Å². The summed E-state index contributed by atoms with van der Waals surface area (Å²) in [5, 5.41) is 0. The Morgan fingerprint density at radius 2 is 1.70 bits per heavy atom. The van der Waals surface area contributed by atoms with E-state index in [9.17, 15) is 0 Å². The minimum atomic E-state index is 0.757. The Kier molecular flexibility index (Phi) is 9.69. The van der Waals surface area contributed by atoms with Crippen molar-refractivity contribution in [2.75, 3.05) is 0 Å². The van der Waals surface area contributed by atoms with Crippen LogP contribution in [-0.4, -0.2) is 6.21 Å². The molecular weight excluding hydrogens is 122 g/mol. The number of nitrogens with zero attached hydrogens (tertiary/aromatic N) is 1. The van der Waals surface area contributed by atoms with Crippen molar-refractivity contribution < 1.29 is 0 Å². The molecule has 0 N–H and O–H groups in total.